The van der Waals surface area contributed by atoms with E-state index in [9.17, 15) is 14.7 Å². The second kappa shape index (κ2) is 7.79. The summed E-state index contributed by atoms with van der Waals surface area (Å²) in [6.07, 6.45) is 4.95. The number of rotatable bonds is 7. The molecule has 1 aromatic heterocycles. The van der Waals surface area contributed by atoms with Gasteiger partial charge in [-0.05, 0) is 45.2 Å². The lowest BCUT2D eigenvalue weighted by Crippen LogP contribution is -2.25. The number of aromatic carboxylic acids is 1. The minimum absolute atomic E-state index is 0.0415. The maximum atomic E-state index is 15.5. The molecule has 1 saturated heterocycles. The lowest BCUT2D eigenvalue weighted by atomic mass is 10.0. The molecule has 4 N–H and O–H groups in total. The Morgan fingerprint density at radius 2 is 2.13 bits per heavy atom. The summed E-state index contributed by atoms with van der Waals surface area (Å²) in [6, 6.07) is 0.0415. The SMILES string of the molecule is CNCC[C@@H]1CCN(c2c(F)c(N)c3c(=O)c(C(=O)O)cn(C4CC4)c3c2OC)C1. The highest BCUT2D eigenvalue weighted by Gasteiger charge is 2.34. The number of fused-ring (bicyclic) bond motifs is 1. The number of hydrogen-bond acceptors (Lipinski definition) is 6. The van der Waals surface area contributed by atoms with Crippen LogP contribution in [0.2, 0.25) is 0 Å². The summed E-state index contributed by atoms with van der Waals surface area (Å²) in [6.45, 7) is 2.21. The van der Waals surface area contributed by atoms with E-state index in [0.717, 1.165) is 32.2 Å². The smallest absolute Gasteiger partial charge is 0.341 e. The number of ether oxygens (including phenoxy) is 1. The van der Waals surface area contributed by atoms with E-state index in [0.29, 0.717) is 24.5 Å². The predicted molar refractivity (Wildman–Crippen MR) is 113 cm³/mol. The lowest BCUT2D eigenvalue weighted by Gasteiger charge is -2.26. The Hall–Kier alpha value is -2.81. The Bertz CT molecular complexity index is 1060. The molecule has 1 atom stereocenters. The fourth-order valence-electron chi connectivity index (χ4n) is 4.45. The van der Waals surface area contributed by atoms with Crippen molar-refractivity contribution in [2.45, 2.75) is 31.7 Å². The van der Waals surface area contributed by atoms with Gasteiger partial charge in [-0.2, -0.15) is 0 Å². The Balaban J connectivity index is 1.94. The van der Waals surface area contributed by atoms with E-state index in [-0.39, 0.29) is 28.6 Å². The van der Waals surface area contributed by atoms with Gasteiger partial charge >= 0.3 is 5.97 Å². The van der Waals surface area contributed by atoms with Crippen LogP contribution in [0.1, 0.15) is 42.1 Å². The number of pyridine rings is 1. The van der Waals surface area contributed by atoms with Gasteiger partial charge in [0, 0.05) is 25.3 Å². The Morgan fingerprint density at radius 3 is 2.73 bits per heavy atom. The second-order valence-electron chi connectivity index (χ2n) is 8.14. The molecule has 1 aliphatic carbocycles. The number of carboxylic acid groups (broad SMARTS) is 1. The molecule has 2 aromatic rings. The molecular formula is C21H27FN4O4. The van der Waals surface area contributed by atoms with Crippen LogP contribution in [-0.2, 0) is 0 Å². The van der Waals surface area contributed by atoms with E-state index in [1.54, 1.807) is 4.57 Å². The number of aromatic nitrogens is 1. The molecule has 9 heteroatoms. The quantitative estimate of drug-likeness (QED) is 0.591. The zero-order valence-corrected chi connectivity index (χ0v) is 17.2. The van der Waals surface area contributed by atoms with Gasteiger partial charge in [-0.1, -0.05) is 0 Å². The van der Waals surface area contributed by atoms with Gasteiger partial charge in [-0.25, -0.2) is 9.18 Å². The summed E-state index contributed by atoms with van der Waals surface area (Å²) in [4.78, 5) is 26.4. The van der Waals surface area contributed by atoms with Crippen LogP contribution in [0, 0.1) is 11.7 Å². The third-order valence-electron chi connectivity index (χ3n) is 6.16. The number of carboxylic acids is 1. The number of nitrogens with zero attached hydrogens (tertiary/aromatic N) is 2. The maximum absolute atomic E-state index is 15.5. The van der Waals surface area contributed by atoms with E-state index in [2.05, 4.69) is 5.32 Å². The highest BCUT2D eigenvalue weighted by molar-refractivity contribution is 6.03. The molecule has 4 rings (SSSR count). The van der Waals surface area contributed by atoms with Crippen LogP contribution >= 0.6 is 0 Å². The van der Waals surface area contributed by atoms with Crippen LogP contribution < -0.4 is 26.1 Å². The first-order valence-electron chi connectivity index (χ1n) is 10.3. The number of nitrogen functional groups attached to an aromatic ring is 1. The van der Waals surface area contributed by atoms with Gasteiger partial charge in [0.1, 0.15) is 11.3 Å². The molecule has 30 heavy (non-hydrogen) atoms. The number of benzene rings is 1. The highest BCUT2D eigenvalue weighted by Crippen LogP contribution is 2.47. The number of halogens is 1. The zero-order chi connectivity index (χ0) is 21.6. The van der Waals surface area contributed by atoms with Crippen LogP contribution in [0.3, 0.4) is 0 Å². The fourth-order valence-corrected chi connectivity index (χ4v) is 4.45. The summed E-state index contributed by atoms with van der Waals surface area (Å²) >= 11 is 0. The number of nitrogens with two attached hydrogens (primary N) is 1. The molecule has 0 spiro atoms. The van der Waals surface area contributed by atoms with Gasteiger partial charge in [-0.15, -0.1) is 0 Å². The number of carbonyl (C=O) groups is 1. The van der Waals surface area contributed by atoms with Gasteiger partial charge in [0.15, 0.2) is 11.6 Å². The monoisotopic (exact) mass is 418 g/mol. The molecule has 0 radical (unpaired) electrons. The average molecular weight is 418 g/mol. The number of hydrogen-bond donors (Lipinski definition) is 3. The lowest BCUT2D eigenvalue weighted by molar-refractivity contribution is 0.0695. The topological polar surface area (TPSA) is 110 Å². The third kappa shape index (κ3) is 3.27. The summed E-state index contributed by atoms with van der Waals surface area (Å²) < 4.78 is 22.9. The van der Waals surface area contributed by atoms with E-state index >= 15 is 4.39 Å². The van der Waals surface area contributed by atoms with Crippen molar-refractivity contribution in [1.82, 2.24) is 9.88 Å². The number of anilines is 2. The maximum Gasteiger partial charge on any atom is 0.341 e. The average Bonchev–Trinajstić information content (AvgIpc) is 3.46. The standard InChI is InChI=1S/C21H27FN4O4/c1-24-7-5-11-6-8-25(9-11)18-15(22)16(23)14-17(20(18)30-2)26(12-3-4-12)10-13(19(14)27)21(28)29/h10-12,24H,3-9,23H2,1-2H3,(H,28,29)/t11-/m1/s1. The molecule has 1 aromatic carbocycles. The molecule has 8 nitrogen and oxygen atoms in total. The van der Waals surface area contributed by atoms with E-state index < -0.39 is 22.8 Å². The predicted octanol–water partition coefficient (Wildman–Crippen LogP) is 2.20. The summed E-state index contributed by atoms with van der Waals surface area (Å²) in [5.41, 5.74) is 5.23. The summed E-state index contributed by atoms with van der Waals surface area (Å²) in [5.74, 6) is -1.42. The fraction of sp³-hybridized carbons (Fsp3) is 0.524. The van der Waals surface area contributed by atoms with Crippen LogP contribution in [0.5, 0.6) is 5.75 Å². The zero-order valence-electron chi connectivity index (χ0n) is 17.2. The van der Waals surface area contributed by atoms with Crippen molar-refractivity contribution in [3.05, 3.63) is 27.8 Å². The number of nitrogens with one attached hydrogen (secondary N) is 1. The minimum Gasteiger partial charge on any atom is -0.492 e. The van der Waals surface area contributed by atoms with Crippen LogP contribution in [0.15, 0.2) is 11.0 Å². The van der Waals surface area contributed by atoms with Crippen molar-refractivity contribution in [2.24, 2.45) is 5.92 Å². The van der Waals surface area contributed by atoms with Gasteiger partial charge < -0.3 is 30.4 Å². The van der Waals surface area contributed by atoms with Crippen molar-refractivity contribution >= 4 is 28.2 Å². The van der Waals surface area contributed by atoms with Crippen molar-refractivity contribution in [3.63, 3.8) is 0 Å². The Labute approximate surface area is 173 Å². The molecule has 1 saturated carbocycles. The molecule has 162 valence electrons. The molecule has 0 amide bonds. The van der Waals surface area contributed by atoms with Gasteiger partial charge in [0.2, 0.25) is 5.43 Å². The van der Waals surface area contributed by atoms with Crippen molar-refractivity contribution < 1.29 is 19.0 Å². The molecule has 0 unspecified atom stereocenters. The molecule has 2 aliphatic rings. The van der Waals surface area contributed by atoms with Gasteiger partial charge in [0.25, 0.3) is 0 Å². The Kier molecular flexibility index (Phi) is 5.31. The minimum atomic E-state index is -1.36. The van der Waals surface area contributed by atoms with Gasteiger partial charge in [-0.3, -0.25) is 4.79 Å². The van der Waals surface area contributed by atoms with E-state index in [1.807, 2.05) is 11.9 Å². The Morgan fingerprint density at radius 1 is 1.40 bits per heavy atom. The highest BCUT2D eigenvalue weighted by atomic mass is 19.1. The van der Waals surface area contributed by atoms with Crippen LogP contribution in [0.4, 0.5) is 15.8 Å². The molecular weight excluding hydrogens is 391 g/mol. The van der Waals surface area contributed by atoms with E-state index in [1.165, 1.54) is 13.3 Å². The third-order valence-corrected chi connectivity index (χ3v) is 6.16. The summed E-state index contributed by atoms with van der Waals surface area (Å²) in [5, 5.41) is 12.5. The second-order valence-corrected chi connectivity index (χ2v) is 8.14. The van der Waals surface area contributed by atoms with Crippen molar-refractivity contribution in [3.8, 4) is 5.75 Å². The first-order chi connectivity index (χ1) is 14.4. The first kappa shape index (κ1) is 20.5. The molecule has 1 aliphatic heterocycles. The normalized spacial score (nSPS) is 18.9. The molecule has 2 fully saturated rings. The van der Waals surface area contributed by atoms with E-state index in [4.69, 9.17) is 10.5 Å². The van der Waals surface area contributed by atoms with Gasteiger partial charge in [0.05, 0.1) is 23.7 Å². The van der Waals surface area contributed by atoms with Crippen molar-refractivity contribution in [2.75, 3.05) is 44.4 Å². The van der Waals surface area contributed by atoms with Crippen molar-refractivity contribution in [1.29, 1.82) is 0 Å². The summed E-state index contributed by atoms with van der Waals surface area (Å²) in [7, 11) is 3.34. The molecule has 0 bridgehead atoms. The number of methoxy groups -OCH3 is 1. The van der Waals surface area contributed by atoms with Crippen LogP contribution in [0.25, 0.3) is 10.9 Å². The van der Waals surface area contributed by atoms with Crippen LogP contribution in [-0.4, -0.2) is 49.4 Å². The first-order valence-corrected chi connectivity index (χ1v) is 10.3. The largest absolute Gasteiger partial charge is 0.492 e. The molecule has 2 heterocycles.